The topological polar surface area (TPSA) is 47.6 Å². The van der Waals surface area contributed by atoms with Gasteiger partial charge in [0.1, 0.15) is 11.5 Å². The third kappa shape index (κ3) is 4.31. The Bertz CT molecular complexity index is 435. The average Bonchev–Trinajstić information content (AvgIpc) is 2.43. The molecule has 0 aliphatic heterocycles. The highest BCUT2D eigenvalue weighted by Gasteiger charge is 2.15. The van der Waals surface area contributed by atoms with Gasteiger partial charge in [-0.25, -0.2) is 0 Å². The summed E-state index contributed by atoms with van der Waals surface area (Å²) in [6.45, 7) is 4.45. The Labute approximate surface area is 119 Å². The predicted molar refractivity (Wildman–Crippen MR) is 76.4 cm³/mol. The fraction of sp³-hybridized carbons (Fsp3) is 0.500. The zero-order valence-electron chi connectivity index (χ0n) is 11.7. The summed E-state index contributed by atoms with van der Waals surface area (Å²) in [4.78, 5) is 12.1. The second kappa shape index (κ2) is 7.24. The second-order valence-corrected chi connectivity index (χ2v) is 5.10. The van der Waals surface area contributed by atoms with Crippen LogP contribution in [0.1, 0.15) is 24.2 Å². The minimum atomic E-state index is -0.203. The Kier molecular flexibility index (Phi) is 5.96. The first-order chi connectivity index (χ1) is 8.99. The lowest BCUT2D eigenvalue weighted by atomic mass is 10.1. The van der Waals surface area contributed by atoms with E-state index in [2.05, 4.69) is 5.32 Å². The van der Waals surface area contributed by atoms with Gasteiger partial charge in [-0.3, -0.25) is 4.79 Å². The number of rotatable bonds is 6. The summed E-state index contributed by atoms with van der Waals surface area (Å²) in [6.07, 6.45) is 0. The summed E-state index contributed by atoms with van der Waals surface area (Å²) in [5.41, 5.74) is 0.468. The molecule has 106 valence electrons. The van der Waals surface area contributed by atoms with Gasteiger partial charge in [0.05, 0.1) is 25.2 Å². The molecule has 5 heteroatoms. The van der Waals surface area contributed by atoms with Crippen LogP contribution in [0.5, 0.6) is 11.5 Å². The molecule has 0 saturated heterocycles. The fourth-order valence-electron chi connectivity index (χ4n) is 1.51. The molecule has 0 bridgehead atoms. The number of methoxy groups -OCH3 is 2. The van der Waals surface area contributed by atoms with Gasteiger partial charge < -0.3 is 14.8 Å². The maximum Gasteiger partial charge on any atom is 0.255 e. The molecule has 0 fully saturated rings. The lowest BCUT2D eigenvalue weighted by Gasteiger charge is -2.15. The standard InChI is InChI=1S/C14H20ClNO3/c1-9(2)12(15)8-16-14(17)11-6-5-10(18-3)7-13(11)19-4/h5-7,9,12H,8H2,1-4H3,(H,16,17). The first kappa shape index (κ1) is 15.6. The first-order valence-corrected chi connectivity index (χ1v) is 6.57. The lowest BCUT2D eigenvalue weighted by molar-refractivity contribution is 0.0949. The van der Waals surface area contributed by atoms with Gasteiger partial charge in [0, 0.05) is 12.6 Å². The number of ether oxygens (including phenoxy) is 2. The summed E-state index contributed by atoms with van der Waals surface area (Å²) in [7, 11) is 3.08. The van der Waals surface area contributed by atoms with Crippen LogP contribution in [0.3, 0.4) is 0 Å². The highest BCUT2D eigenvalue weighted by atomic mass is 35.5. The molecule has 1 aromatic carbocycles. The van der Waals surface area contributed by atoms with E-state index in [9.17, 15) is 4.79 Å². The largest absolute Gasteiger partial charge is 0.497 e. The first-order valence-electron chi connectivity index (χ1n) is 6.13. The number of amides is 1. The van der Waals surface area contributed by atoms with Crippen LogP contribution in [-0.2, 0) is 0 Å². The van der Waals surface area contributed by atoms with Crippen LogP contribution in [0.2, 0.25) is 0 Å². The summed E-state index contributed by atoms with van der Waals surface area (Å²) in [6, 6.07) is 5.07. The molecule has 1 atom stereocenters. The number of hydrogen-bond acceptors (Lipinski definition) is 3. The molecule has 0 spiro atoms. The van der Waals surface area contributed by atoms with E-state index in [0.29, 0.717) is 29.5 Å². The maximum absolute atomic E-state index is 12.1. The van der Waals surface area contributed by atoms with Crippen molar-refractivity contribution in [2.75, 3.05) is 20.8 Å². The van der Waals surface area contributed by atoms with Crippen LogP contribution in [0, 0.1) is 5.92 Å². The van der Waals surface area contributed by atoms with Crippen molar-refractivity contribution < 1.29 is 14.3 Å². The zero-order chi connectivity index (χ0) is 14.4. The van der Waals surface area contributed by atoms with Crippen molar-refractivity contribution in [3.8, 4) is 11.5 Å². The predicted octanol–water partition coefficient (Wildman–Crippen LogP) is 2.70. The lowest BCUT2D eigenvalue weighted by Crippen LogP contribution is -2.32. The van der Waals surface area contributed by atoms with Crippen molar-refractivity contribution >= 4 is 17.5 Å². The maximum atomic E-state index is 12.1. The molecule has 1 unspecified atom stereocenters. The van der Waals surface area contributed by atoms with E-state index in [1.165, 1.54) is 7.11 Å². The molecule has 1 rings (SSSR count). The summed E-state index contributed by atoms with van der Waals surface area (Å²) in [5, 5.41) is 2.71. The number of hydrogen-bond donors (Lipinski definition) is 1. The molecule has 1 N–H and O–H groups in total. The number of carbonyl (C=O) groups is 1. The van der Waals surface area contributed by atoms with Gasteiger partial charge in [-0.05, 0) is 18.1 Å². The molecule has 0 heterocycles. The van der Waals surface area contributed by atoms with E-state index in [4.69, 9.17) is 21.1 Å². The Morgan fingerprint density at radius 3 is 2.53 bits per heavy atom. The highest BCUT2D eigenvalue weighted by Crippen LogP contribution is 2.24. The van der Waals surface area contributed by atoms with Gasteiger partial charge >= 0.3 is 0 Å². The molecule has 4 nitrogen and oxygen atoms in total. The normalized spacial score (nSPS) is 12.1. The average molecular weight is 286 g/mol. The van der Waals surface area contributed by atoms with Crippen molar-refractivity contribution in [1.82, 2.24) is 5.32 Å². The molecule has 0 saturated carbocycles. The SMILES string of the molecule is COc1ccc(C(=O)NCC(Cl)C(C)C)c(OC)c1. The summed E-state index contributed by atoms with van der Waals surface area (Å²) < 4.78 is 10.3. The number of carbonyl (C=O) groups excluding carboxylic acids is 1. The molecule has 1 amide bonds. The van der Waals surface area contributed by atoms with Gasteiger partial charge in [-0.15, -0.1) is 11.6 Å². The Balaban J connectivity index is 2.76. The Morgan fingerprint density at radius 1 is 1.32 bits per heavy atom. The minimum Gasteiger partial charge on any atom is -0.497 e. The van der Waals surface area contributed by atoms with E-state index in [1.54, 1.807) is 25.3 Å². The summed E-state index contributed by atoms with van der Waals surface area (Å²) in [5.74, 6) is 1.23. The van der Waals surface area contributed by atoms with Crippen molar-refractivity contribution in [2.45, 2.75) is 19.2 Å². The minimum absolute atomic E-state index is 0.0896. The van der Waals surface area contributed by atoms with E-state index in [1.807, 2.05) is 13.8 Å². The highest BCUT2D eigenvalue weighted by molar-refractivity contribution is 6.21. The van der Waals surface area contributed by atoms with Gasteiger partial charge in [0.15, 0.2) is 0 Å². The molecular formula is C14H20ClNO3. The van der Waals surface area contributed by atoms with Crippen LogP contribution in [0.25, 0.3) is 0 Å². The molecule has 0 aliphatic carbocycles. The third-order valence-electron chi connectivity index (χ3n) is 2.83. The quantitative estimate of drug-likeness (QED) is 0.818. The summed E-state index contributed by atoms with van der Waals surface area (Å²) >= 11 is 6.10. The van der Waals surface area contributed by atoms with E-state index in [0.717, 1.165) is 0 Å². The van der Waals surface area contributed by atoms with Gasteiger partial charge in [-0.2, -0.15) is 0 Å². The van der Waals surface area contributed by atoms with Crippen LogP contribution in [0.15, 0.2) is 18.2 Å². The Hall–Kier alpha value is -1.42. The van der Waals surface area contributed by atoms with Gasteiger partial charge in [0.2, 0.25) is 0 Å². The molecule has 0 aromatic heterocycles. The zero-order valence-corrected chi connectivity index (χ0v) is 12.5. The molecular weight excluding hydrogens is 266 g/mol. The van der Waals surface area contributed by atoms with Crippen molar-refractivity contribution in [2.24, 2.45) is 5.92 Å². The fourth-order valence-corrected chi connectivity index (χ4v) is 1.58. The van der Waals surface area contributed by atoms with Gasteiger partial charge in [-0.1, -0.05) is 13.8 Å². The molecule has 1 aromatic rings. The van der Waals surface area contributed by atoms with E-state index in [-0.39, 0.29) is 11.3 Å². The third-order valence-corrected chi connectivity index (χ3v) is 3.49. The van der Waals surface area contributed by atoms with Crippen LogP contribution in [0.4, 0.5) is 0 Å². The van der Waals surface area contributed by atoms with E-state index < -0.39 is 0 Å². The van der Waals surface area contributed by atoms with Crippen LogP contribution >= 0.6 is 11.6 Å². The van der Waals surface area contributed by atoms with Crippen molar-refractivity contribution in [3.63, 3.8) is 0 Å². The van der Waals surface area contributed by atoms with Gasteiger partial charge in [0.25, 0.3) is 5.91 Å². The second-order valence-electron chi connectivity index (χ2n) is 4.54. The van der Waals surface area contributed by atoms with Crippen LogP contribution < -0.4 is 14.8 Å². The number of halogens is 1. The molecule has 19 heavy (non-hydrogen) atoms. The molecule has 0 radical (unpaired) electrons. The monoisotopic (exact) mass is 285 g/mol. The van der Waals surface area contributed by atoms with Crippen molar-refractivity contribution in [3.05, 3.63) is 23.8 Å². The number of benzene rings is 1. The molecule has 0 aliphatic rings. The van der Waals surface area contributed by atoms with Crippen molar-refractivity contribution in [1.29, 1.82) is 0 Å². The smallest absolute Gasteiger partial charge is 0.255 e. The number of alkyl halides is 1. The van der Waals surface area contributed by atoms with E-state index >= 15 is 0 Å². The Morgan fingerprint density at radius 2 is 2.00 bits per heavy atom. The number of nitrogens with one attached hydrogen (secondary N) is 1. The van der Waals surface area contributed by atoms with Crippen LogP contribution in [-0.4, -0.2) is 32.0 Å².